The maximum Gasteiger partial charge on any atom is 0.435 e. The lowest BCUT2D eigenvalue weighted by Crippen LogP contribution is -2.50. The van der Waals surface area contributed by atoms with Crippen molar-refractivity contribution < 1.29 is 45.1 Å². The zero-order valence-electron chi connectivity index (χ0n) is 16.6. The molecule has 2 aromatic carbocycles. The summed E-state index contributed by atoms with van der Waals surface area (Å²) in [6.45, 7) is 0. The minimum absolute atomic E-state index is 0.00289. The number of alkyl halides is 7. The van der Waals surface area contributed by atoms with Crippen molar-refractivity contribution in [2.24, 2.45) is 0 Å². The van der Waals surface area contributed by atoms with Gasteiger partial charge in [0.25, 0.3) is 0 Å². The van der Waals surface area contributed by atoms with E-state index in [0.29, 0.717) is 0 Å². The summed E-state index contributed by atoms with van der Waals surface area (Å²) in [5.74, 6) is -1.90. The summed E-state index contributed by atoms with van der Waals surface area (Å²) in [5.41, 5.74) is -9.00. The smallest absolute Gasteiger partial charge is 0.435 e. The molecule has 0 bridgehead atoms. The molecular formula is C20H11Cl3F7NO3. The first-order valence-corrected chi connectivity index (χ1v) is 9.89. The normalized spacial score (nSPS) is 12.4. The molecule has 0 aliphatic carbocycles. The maximum absolute atomic E-state index is 14.3. The molecule has 0 fully saturated rings. The lowest BCUT2D eigenvalue weighted by molar-refractivity contribution is -0.348. The number of benzene rings is 2. The van der Waals surface area contributed by atoms with Gasteiger partial charge in [0.05, 0.1) is 39.7 Å². The largest absolute Gasteiger partial charge is 0.465 e. The van der Waals surface area contributed by atoms with Gasteiger partial charge in [-0.2, -0.15) is 26.3 Å². The highest BCUT2D eigenvalue weighted by Crippen LogP contribution is 2.54. The number of Topliss-reactive ketones (excluding diaryl/α,β-unsaturated/α-hetero) is 1. The third-order valence-corrected chi connectivity index (χ3v) is 5.48. The van der Waals surface area contributed by atoms with Crippen LogP contribution in [0.1, 0.15) is 38.3 Å². The quantitative estimate of drug-likeness (QED) is 0.176. The van der Waals surface area contributed by atoms with Gasteiger partial charge in [0.15, 0.2) is 5.78 Å². The van der Waals surface area contributed by atoms with Crippen LogP contribution in [-0.4, -0.2) is 36.9 Å². The van der Waals surface area contributed by atoms with Gasteiger partial charge >= 0.3 is 24.0 Å². The van der Waals surface area contributed by atoms with Gasteiger partial charge in [-0.25, -0.2) is 9.18 Å². The van der Waals surface area contributed by atoms with E-state index in [2.05, 4.69) is 4.74 Å². The minimum atomic E-state index is -6.41. The Balaban J connectivity index is 2.44. The van der Waals surface area contributed by atoms with Gasteiger partial charge in [0.1, 0.15) is 0 Å². The van der Waals surface area contributed by atoms with E-state index in [1.165, 1.54) is 12.1 Å². The second-order valence-corrected chi connectivity index (χ2v) is 7.96. The van der Waals surface area contributed by atoms with E-state index in [1.807, 2.05) is 0 Å². The molecule has 2 aromatic rings. The van der Waals surface area contributed by atoms with Crippen molar-refractivity contribution in [3.8, 4) is 0 Å². The van der Waals surface area contributed by atoms with Gasteiger partial charge in [-0.1, -0.05) is 40.9 Å². The molecule has 0 aliphatic rings. The number of esters is 1. The Hall–Kier alpha value is -2.37. The molecule has 0 aromatic heterocycles. The summed E-state index contributed by atoms with van der Waals surface area (Å²) < 4.78 is 96.8. The van der Waals surface area contributed by atoms with E-state index in [1.54, 1.807) is 0 Å². The van der Waals surface area contributed by atoms with Gasteiger partial charge in [-0.15, -0.1) is 0 Å². The van der Waals surface area contributed by atoms with Crippen LogP contribution in [0.25, 0.3) is 0 Å². The molecule has 4 nitrogen and oxygen atoms in total. The van der Waals surface area contributed by atoms with Crippen molar-refractivity contribution in [2.75, 3.05) is 7.11 Å². The van der Waals surface area contributed by atoms with E-state index in [4.69, 9.17) is 40.2 Å². The Morgan fingerprint density at radius 3 is 1.82 bits per heavy atom. The van der Waals surface area contributed by atoms with Crippen LogP contribution in [0, 0.1) is 5.41 Å². The van der Waals surface area contributed by atoms with E-state index >= 15 is 0 Å². The van der Waals surface area contributed by atoms with E-state index in [-0.39, 0.29) is 28.3 Å². The third kappa shape index (κ3) is 5.16. The highest BCUT2D eigenvalue weighted by Gasteiger charge is 2.73. The van der Waals surface area contributed by atoms with Crippen LogP contribution in [0.5, 0.6) is 0 Å². The first-order valence-electron chi connectivity index (χ1n) is 8.76. The molecule has 0 unspecified atom stereocenters. The van der Waals surface area contributed by atoms with Crippen LogP contribution in [0.2, 0.25) is 15.1 Å². The van der Waals surface area contributed by atoms with Crippen molar-refractivity contribution in [3.63, 3.8) is 0 Å². The fraction of sp³-hybridized carbons (Fsp3) is 0.250. The summed E-state index contributed by atoms with van der Waals surface area (Å²) in [5, 5.41) is 6.08. The number of ketones is 1. The molecule has 0 spiro atoms. The lowest BCUT2D eigenvalue weighted by Gasteiger charge is -2.30. The molecule has 0 aliphatic heterocycles. The molecule has 2 rings (SSSR count). The molecule has 1 N–H and O–H groups in total. The SMILES string of the molecule is COC(=O)c1cc(C(=N)CC(=O)c2c(Cl)cc(C(F)(C(F)(F)F)C(F)(F)F)cc2Cl)ccc1Cl. The first kappa shape index (κ1) is 27.9. The van der Waals surface area contributed by atoms with Crippen LogP contribution in [0.4, 0.5) is 30.7 Å². The standard InChI is InChI=1S/C20H11Cl3F7NO3/c1-34-17(33)10-4-8(2-3-11(10)21)14(31)7-15(32)16-12(22)5-9(6-13(16)23)18(24,19(25,26)27)20(28,29)30/h2-6,31H,7H2,1H3. The number of halogens is 10. The predicted octanol–water partition coefficient (Wildman–Crippen LogP) is 7.36. The zero-order valence-corrected chi connectivity index (χ0v) is 18.9. The van der Waals surface area contributed by atoms with E-state index < -0.39 is 63.1 Å². The monoisotopic (exact) mass is 551 g/mol. The molecule has 0 radical (unpaired) electrons. The van der Waals surface area contributed by atoms with Crippen molar-refractivity contribution in [2.45, 2.75) is 24.4 Å². The predicted molar refractivity (Wildman–Crippen MR) is 110 cm³/mol. The fourth-order valence-corrected chi connectivity index (χ4v) is 3.75. The number of carbonyl (C=O) groups is 2. The van der Waals surface area contributed by atoms with Gasteiger partial charge in [0, 0.05) is 11.3 Å². The highest BCUT2D eigenvalue weighted by molar-refractivity contribution is 6.40. The summed E-state index contributed by atoms with van der Waals surface area (Å²) in [4.78, 5) is 24.3. The molecular weight excluding hydrogens is 542 g/mol. The van der Waals surface area contributed by atoms with E-state index in [9.17, 15) is 40.3 Å². The number of carbonyl (C=O) groups excluding carboxylic acids is 2. The van der Waals surface area contributed by atoms with Gasteiger partial charge in [-0.05, 0) is 29.8 Å². The number of rotatable bonds is 6. The van der Waals surface area contributed by atoms with Gasteiger partial charge in [-0.3, -0.25) is 4.79 Å². The lowest BCUT2D eigenvalue weighted by atomic mass is 9.91. The molecule has 14 heteroatoms. The second-order valence-electron chi connectivity index (χ2n) is 6.73. The Labute approximate surface area is 202 Å². The molecule has 0 atom stereocenters. The van der Waals surface area contributed by atoms with Gasteiger partial charge in [0.2, 0.25) is 0 Å². The molecule has 0 amide bonds. The van der Waals surface area contributed by atoms with Crippen LogP contribution in [0.15, 0.2) is 30.3 Å². The molecule has 184 valence electrons. The van der Waals surface area contributed by atoms with Crippen molar-refractivity contribution >= 4 is 52.3 Å². The summed E-state index contributed by atoms with van der Waals surface area (Å²) in [6, 6.07) is 3.67. The molecule has 34 heavy (non-hydrogen) atoms. The molecule has 0 saturated carbocycles. The highest BCUT2D eigenvalue weighted by atomic mass is 35.5. The average Bonchev–Trinajstić information content (AvgIpc) is 2.70. The maximum atomic E-state index is 14.3. The Morgan fingerprint density at radius 2 is 1.38 bits per heavy atom. The Kier molecular flexibility index (Phi) is 7.96. The topological polar surface area (TPSA) is 67.2 Å². The molecule has 0 heterocycles. The summed E-state index contributed by atoms with van der Waals surface area (Å²) >= 11 is 17.3. The molecule has 0 saturated heterocycles. The fourth-order valence-electron chi connectivity index (χ4n) is 2.86. The average molecular weight is 553 g/mol. The van der Waals surface area contributed by atoms with Crippen LogP contribution < -0.4 is 0 Å². The Morgan fingerprint density at radius 1 is 0.882 bits per heavy atom. The van der Waals surface area contributed by atoms with Crippen molar-refractivity contribution in [3.05, 3.63) is 67.7 Å². The summed E-state index contributed by atoms with van der Waals surface area (Å²) in [7, 11) is 1.08. The second kappa shape index (κ2) is 9.71. The number of ether oxygens (including phenoxy) is 1. The van der Waals surface area contributed by atoms with Crippen molar-refractivity contribution in [1.82, 2.24) is 0 Å². The zero-order chi connectivity index (χ0) is 26.2. The number of methoxy groups -OCH3 is 1. The minimum Gasteiger partial charge on any atom is -0.465 e. The first-order chi connectivity index (χ1) is 15.5. The van der Waals surface area contributed by atoms with Crippen LogP contribution in [0.3, 0.4) is 0 Å². The van der Waals surface area contributed by atoms with Gasteiger partial charge < -0.3 is 10.1 Å². The Bertz CT molecular complexity index is 1130. The number of nitrogens with one attached hydrogen (secondary N) is 1. The van der Waals surface area contributed by atoms with E-state index in [0.717, 1.165) is 13.2 Å². The van der Waals surface area contributed by atoms with Crippen molar-refractivity contribution in [1.29, 1.82) is 5.41 Å². The van der Waals surface area contributed by atoms with Crippen LogP contribution >= 0.6 is 34.8 Å². The third-order valence-electron chi connectivity index (χ3n) is 4.56. The number of hydrogen-bond donors (Lipinski definition) is 1. The summed E-state index contributed by atoms with van der Waals surface area (Å²) in [6.07, 6.45) is -13.6. The van der Waals surface area contributed by atoms with Crippen LogP contribution in [-0.2, 0) is 10.4 Å². The number of hydrogen-bond acceptors (Lipinski definition) is 4.